The van der Waals surface area contributed by atoms with Gasteiger partial charge in [-0.05, 0) is 35.9 Å². The van der Waals surface area contributed by atoms with Gasteiger partial charge in [-0.1, -0.05) is 35.9 Å². The maximum absolute atomic E-state index is 12.2. The molecule has 0 aromatic heterocycles. The zero-order chi connectivity index (χ0) is 14.6. The summed E-state index contributed by atoms with van der Waals surface area (Å²) >= 11 is 0. The molecule has 3 nitrogen and oxygen atoms in total. The van der Waals surface area contributed by atoms with E-state index in [1.165, 1.54) is 0 Å². The first kappa shape index (κ1) is 14.9. The van der Waals surface area contributed by atoms with E-state index in [4.69, 9.17) is 4.74 Å². The standard InChI is InChI=1S/C15H16O3S2/c1-12-7-9-14(10-8-12)20(16,17)19-11-13-5-3-4-6-15(13)18-2/h3-10H,11H2,1-2H3. The molecule has 5 heteroatoms. The Labute approximate surface area is 123 Å². The number of hydrogen-bond acceptors (Lipinski definition) is 4. The lowest BCUT2D eigenvalue weighted by Crippen LogP contribution is -1.97. The molecule has 106 valence electrons. The molecule has 0 spiro atoms. The number of rotatable bonds is 5. The Morgan fingerprint density at radius 2 is 1.70 bits per heavy atom. The number of benzene rings is 2. The molecule has 0 heterocycles. The van der Waals surface area contributed by atoms with E-state index in [1.54, 1.807) is 31.4 Å². The van der Waals surface area contributed by atoms with Crippen molar-refractivity contribution in [3.05, 3.63) is 59.7 Å². The van der Waals surface area contributed by atoms with Crippen molar-refractivity contribution in [2.45, 2.75) is 17.6 Å². The second kappa shape index (κ2) is 6.33. The molecule has 0 fully saturated rings. The molecule has 0 bridgehead atoms. The molecule has 0 atom stereocenters. The maximum Gasteiger partial charge on any atom is 0.230 e. The van der Waals surface area contributed by atoms with Crippen molar-refractivity contribution in [1.29, 1.82) is 0 Å². The van der Waals surface area contributed by atoms with Gasteiger partial charge in [0.25, 0.3) is 0 Å². The fourth-order valence-corrected chi connectivity index (χ4v) is 4.45. The van der Waals surface area contributed by atoms with Crippen molar-refractivity contribution in [1.82, 2.24) is 0 Å². The van der Waals surface area contributed by atoms with Crippen LogP contribution >= 0.6 is 10.8 Å². The molecule has 0 radical (unpaired) electrons. The van der Waals surface area contributed by atoms with E-state index in [2.05, 4.69) is 0 Å². The van der Waals surface area contributed by atoms with Crippen molar-refractivity contribution in [2.75, 3.05) is 7.11 Å². The molecular formula is C15H16O3S2. The van der Waals surface area contributed by atoms with Crippen LogP contribution in [0.25, 0.3) is 0 Å². The third-order valence-electron chi connectivity index (χ3n) is 2.87. The molecule has 0 unspecified atom stereocenters. The molecule has 2 aromatic carbocycles. The number of ether oxygens (including phenoxy) is 1. The molecule has 0 saturated carbocycles. The zero-order valence-electron chi connectivity index (χ0n) is 11.4. The monoisotopic (exact) mass is 308 g/mol. The van der Waals surface area contributed by atoms with Gasteiger partial charge in [0.2, 0.25) is 8.87 Å². The Balaban J connectivity index is 2.15. The summed E-state index contributed by atoms with van der Waals surface area (Å²) in [5, 5.41) is 0. The van der Waals surface area contributed by atoms with Crippen LogP contribution in [0.3, 0.4) is 0 Å². The molecule has 2 rings (SSSR count). The Morgan fingerprint density at radius 1 is 1.05 bits per heavy atom. The molecule has 0 N–H and O–H groups in total. The first-order valence-electron chi connectivity index (χ1n) is 6.11. The van der Waals surface area contributed by atoms with Crippen LogP contribution in [-0.2, 0) is 14.6 Å². The van der Waals surface area contributed by atoms with Gasteiger partial charge in [0.05, 0.1) is 12.0 Å². The Bertz CT molecular complexity index is 677. The van der Waals surface area contributed by atoms with Crippen molar-refractivity contribution >= 4 is 19.7 Å². The minimum absolute atomic E-state index is 0.336. The lowest BCUT2D eigenvalue weighted by Gasteiger charge is -2.08. The number of aryl methyl sites for hydroxylation is 1. The van der Waals surface area contributed by atoms with E-state index in [0.29, 0.717) is 16.4 Å². The number of hydrogen-bond donors (Lipinski definition) is 0. The van der Waals surface area contributed by atoms with Crippen LogP contribution in [-0.4, -0.2) is 15.5 Å². The predicted molar refractivity (Wildman–Crippen MR) is 82.7 cm³/mol. The van der Waals surface area contributed by atoms with Crippen LogP contribution in [0.5, 0.6) is 5.75 Å². The van der Waals surface area contributed by atoms with Gasteiger partial charge in [0, 0.05) is 11.3 Å². The summed E-state index contributed by atoms with van der Waals surface area (Å²) in [5.74, 6) is 1.07. The fourth-order valence-electron chi connectivity index (χ4n) is 1.74. The van der Waals surface area contributed by atoms with Gasteiger partial charge in [-0.25, -0.2) is 8.42 Å². The quantitative estimate of drug-likeness (QED) is 0.791. The second-order valence-electron chi connectivity index (χ2n) is 4.34. The molecule has 2 aromatic rings. The van der Waals surface area contributed by atoms with Crippen LogP contribution in [0.2, 0.25) is 0 Å². The Morgan fingerprint density at radius 3 is 2.35 bits per heavy atom. The highest BCUT2D eigenvalue weighted by Crippen LogP contribution is 2.30. The van der Waals surface area contributed by atoms with Gasteiger partial charge >= 0.3 is 0 Å². The lowest BCUT2D eigenvalue weighted by molar-refractivity contribution is 0.411. The van der Waals surface area contributed by atoms with Crippen molar-refractivity contribution < 1.29 is 13.2 Å². The minimum atomic E-state index is -3.34. The van der Waals surface area contributed by atoms with Gasteiger partial charge in [0.1, 0.15) is 5.75 Å². The minimum Gasteiger partial charge on any atom is -0.496 e. The third-order valence-corrected chi connectivity index (χ3v) is 6.32. The molecule has 0 amide bonds. The van der Waals surface area contributed by atoms with E-state index < -0.39 is 8.87 Å². The highest BCUT2D eigenvalue weighted by Gasteiger charge is 2.16. The third kappa shape index (κ3) is 3.55. The van der Waals surface area contributed by atoms with Crippen molar-refractivity contribution in [3.63, 3.8) is 0 Å². The highest BCUT2D eigenvalue weighted by atomic mass is 33.1. The summed E-state index contributed by atoms with van der Waals surface area (Å²) in [6.07, 6.45) is 0. The Hall–Kier alpha value is -1.46. The number of para-hydroxylation sites is 1. The topological polar surface area (TPSA) is 43.4 Å². The first-order valence-corrected chi connectivity index (χ1v) is 9.09. The summed E-state index contributed by atoms with van der Waals surface area (Å²) < 4.78 is 29.7. The SMILES string of the molecule is COc1ccccc1CSS(=O)(=O)c1ccc(C)cc1. The van der Waals surface area contributed by atoms with Gasteiger partial charge in [0.15, 0.2) is 0 Å². The fraction of sp³-hybridized carbons (Fsp3) is 0.200. The smallest absolute Gasteiger partial charge is 0.230 e. The largest absolute Gasteiger partial charge is 0.496 e. The zero-order valence-corrected chi connectivity index (χ0v) is 13.0. The average Bonchev–Trinajstić information content (AvgIpc) is 2.46. The Kier molecular flexibility index (Phi) is 4.73. The van der Waals surface area contributed by atoms with Crippen LogP contribution in [0.1, 0.15) is 11.1 Å². The van der Waals surface area contributed by atoms with E-state index in [9.17, 15) is 8.42 Å². The summed E-state index contributed by atoms with van der Waals surface area (Å²) in [6, 6.07) is 14.3. The number of methoxy groups -OCH3 is 1. The molecule has 0 aliphatic heterocycles. The van der Waals surface area contributed by atoms with E-state index in [0.717, 1.165) is 21.9 Å². The first-order chi connectivity index (χ1) is 9.53. The molecule has 20 heavy (non-hydrogen) atoms. The van der Waals surface area contributed by atoms with Crippen LogP contribution in [0.15, 0.2) is 53.4 Å². The van der Waals surface area contributed by atoms with E-state index in [-0.39, 0.29) is 0 Å². The average molecular weight is 308 g/mol. The van der Waals surface area contributed by atoms with Crippen molar-refractivity contribution in [3.8, 4) is 5.75 Å². The summed E-state index contributed by atoms with van der Waals surface area (Å²) in [6.45, 7) is 1.93. The van der Waals surface area contributed by atoms with Crippen LogP contribution in [0.4, 0.5) is 0 Å². The summed E-state index contributed by atoms with van der Waals surface area (Å²) in [5.41, 5.74) is 1.91. The van der Waals surface area contributed by atoms with Gasteiger partial charge in [-0.2, -0.15) is 0 Å². The molecular weight excluding hydrogens is 292 g/mol. The maximum atomic E-state index is 12.2. The lowest BCUT2D eigenvalue weighted by atomic mass is 10.2. The van der Waals surface area contributed by atoms with Gasteiger partial charge < -0.3 is 4.74 Å². The molecule has 0 saturated heterocycles. The summed E-state index contributed by atoms with van der Waals surface area (Å²) in [4.78, 5) is 0.336. The van der Waals surface area contributed by atoms with Crippen LogP contribution < -0.4 is 4.74 Å². The molecule has 0 aliphatic carbocycles. The van der Waals surface area contributed by atoms with Gasteiger partial charge in [-0.15, -0.1) is 0 Å². The highest BCUT2D eigenvalue weighted by molar-refractivity contribution is 8.71. The van der Waals surface area contributed by atoms with Crippen molar-refractivity contribution in [2.24, 2.45) is 0 Å². The van der Waals surface area contributed by atoms with E-state index in [1.807, 2.05) is 31.2 Å². The van der Waals surface area contributed by atoms with Gasteiger partial charge in [-0.3, -0.25) is 0 Å². The normalized spacial score (nSPS) is 11.3. The predicted octanol–water partition coefficient (Wildman–Crippen LogP) is 3.63. The summed E-state index contributed by atoms with van der Waals surface area (Å²) in [7, 11) is -0.845. The molecule has 0 aliphatic rings. The van der Waals surface area contributed by atoms with E-state index >= 15 is 0 Å². The van der Waals surface area contributed by atoms with Crippen LogP contribution in [0, 0.1) is 6.92 Å². The second-order valence-corrected chi connectivity index (χ2v) is 8.27.